The van der Waals surface area contributed by atoms with Crippen LogP contribution in [0.3, 0.4) is 0 Å². The van der Waals surface area contributed by atoms with Gasteiger partial charge in [-0.15, -0.1) is 11.3 Å². The zero-order valence-electron chi connectivity index (χ0n) is 18.2. The third-order valence-electron chi connectivity index (χ3n) is 5.92. The molecule has 0 radical (unpaired) electrons. The Hall–Kier alpha value is -3.22. The van der Waals surface area contributed by atoms with Crippen molar-refractivity contribution in [1.82, 2.24) is 9.88 Å². The van der Waals surface area contributed by atoms with Crippen LogP contribution >= 0.6 is 11.3 Å². The molecule has 0 spiro atoms. The minimum Gasteiger partial charge on any atom is -0.449 e. The molecule has 2 aromatic heterocycles. The fourth-order valence-electron chi connectivity index (χ4n) is 4.20. The molecule has 3 heterocycles. The number of ether oxygens (including phenoxy) is 1. The summed E-state index contributed by atoms with van der Waals surface area (Å²) >= 11 is 1.42. The Morgan fingerprint density at radius 2 is 2.30 bits per heavy atom. The number of fused-ring (bicyclic) bond motifs is 1. The number of carbonyl (C=O) groups excluding carboxylic acids is 2. The molecule has 0 aromatic carbocycles. The van der Waals surface area contributed by atoms with Crippen LogP contribution in [0, 0.1) is 17.2 Å². The SMILES string of the molecule is N#Cc1c(NC(=O)/C=C/c2cccnc2)sc2c1CCC(COC(=O)N1CCCC(O)C1)C2. The van der Waals surface area contributed by atoms with Crippen molar-refractivity contribution in [2.75, 3.05) is 25.0 Å². The lowest BCUT2D eigenvalue weighted by Crippen LogP contribution is -2.42. The van der Waals surface area contributed by atoms with Gasteiger partial charge in [0.1, 0.15) is 11.1 Å². The standard InChI is InChI=1S/C24H26N4O4S/c25-12-20-19-7-5-17(15-32-24(31)28-10-2-4-18(29)14-28)11-21(19)33-23(20)27-22(30)8-6-16-3-1-9-26-13-16/h1,3,6,8-9,13,17-18,29H,2,4-5,7,10-11,14-15H2,(H,27,30)/b8-6+. The van der Waals surface area contributed by atoms with Gasteiger partial charge >= 0.3 is 6.09 Å². The largest absolute Gasteiger partial charge is 0.449 e. The molecule has 1 aliphatic carbocycles. The number of aliphatic hydroxyl groups is 1. The fourth-order valence-corrected chi connectivity index (χ4v) is 5.52. The highest BCUT2D eigenvalue weighted by Gasteiger charge is 2.28. The number of thiophene rings is 1. The molecule has 0 bridgehead atoms. The van der Waals surface area contributed by atoms with Gasteiger partial charge in [0.15, 0.2) is 0 Å². The Bertz CT molecular complexity index is 1080. The van der Waals surface area contributed by atoms with E-state index in [0.717, 1.165) is 28.8 Å². The number of rotatable bonds is 5. The maximum absolute atomic E-state index is 12.4. The second kappa shape index (κ2) is 10.6. The first kappa shape index (κ1) is 23.0. The number of anilines is 1. The van der Waals surface area contributed by atoms with Crippen LogP contribution in [0.25, 0.3) is 6.08 Å². The van der Waals surface area contributed by atoms with E-state index in [1.807, 2.05) is 6.07 Å². The molecule has 2 aliphatic rings. The van der Waals surface area contributed by atoms with Crippen LogP contribution in [-0.4, -0.2) is 52.8 Å². The number of pyridine rings is 1. The van der Waals surface area contributed by atoms with E-state index in [1.54, 1.807) is 29.4 Å². The first-order chi connectivity index (χ1) is 16.0. The summed E-state index contributed by atoms with van der Waals surface area (Å²) in [6, 6.07) is 5.88. The molecule has 9 heteroatoms. The number of hydrogen-bond donors (Lipinski definition) is 2. The lowest BCUT2D eigenvalue weighted by Gasteiger charge is -2.30. The molecular weight excluding hydrogens is 440 g/mol. The Labute approximate surface area is 196 Å². The highest BCUT2D eigenvalue weighted by Crippen LogP contribution is 2.39. The number of amides is 2. The molecule has 2 amide bonds. The van der Waals surface area contributed by atoms with Gasteiger partial charge in [0.05, 0.1) is 18.3 Å². The lowest BCUT2D eigenvalue weighted by molar-refractivity contribution is -0.111. The second-order valence-electron chi connectivity index (χ2n) is 8.36. The average Bonchev–Trinajstić information content (AvgIpc) is 3.17. The number of nitriles is 1. The number of carbonyl (C=O) groups is 2. The lowest BCUT2D eigenvalue weighted by atomic mass is 9.88. The summed E-state index contributed by atoms with van der Waals surface area (Å²) in [5, 5.41) is 22.8. The van der Waals surface area contributed by atoms with Gasteiger partial charge in [0.25, 0.3) is 0 Å². The number of β-amino-alcohol motifs (C(OH)–C–C–N with tert-alkyl or cyclic N) is 1. The molecule has 172 valence electrons. The van der Waals surface area contributed by atoms with Gasteiger partial charge in [-0.25, -0.2) is 4.79 Å². The van der Waals surface area contributed by atoms with Crippen LogP contribution in [0.2, 0.25) is 0 Å². The van der Waals surface area contributed by atoms with E-state index in [9.17, 15) is 20.0 Å². The first-order valence-electron chi connectivity index (χ1n) is 11.1. The number of aliphatic hydroxyl groups excluding tert-OH is 1. The third-order valence-corrected chi connectivity index (χ3v) is 7.09. The molecule has 0 saturated carbocycles. The van der Waals surface area contributed by atoms with Gasteiger partial charge in [0.2, 0.25) is 5.91 Å². The zero-order valence-corrected chi connectivity index (χ0v) is 19.0. The van der Waals surface area contributed by atoms with Gasteiger partial charge in [-0.05, 0) is 61.3 Å². The van der Waals surface area contributed by atoms with Crippen LogP contribution < -0.4 is 5.32 Å². The molecular formula is C24H26N4O4S. The predicted octanol–water partition coefficient (Wildman–Crippen LogP) is 3.36. The molecule has 33 heavy (non-hydrogen) atoms. The molecule has 1 aliphatic heterocycles. The second-order valence-corrected chi connectivity index (χ2v) is 9.46. The zero-order chi connectivity index (χ0) is 23.2. The van der Waals surface area contributed by atoms with E-state index in [2.05, 4.69) is 16.4 Å². The minimum absolute atomic E-state index is 0.162. The van der Waals surface area contributed by atoms with Crippen molar-refractivity contribution in [2.45, 2.75) is 38.2 Å². The smallest absolute Gasteiger partial charge is 0.409 e. The summed E-state index contributed by atoms with van der Waals surface area (Å²) in [5.41, 5.74) is 2.32. The van der Waals surface area contributed by atoms with Gasteiger partial charge in [-0.3, -0.25) is 9.78 Å². The van der Waals surface area contributed by atoms with Crippen molar-refractivity contribution >= 4 is 34.4 Å². The third kappa shape index (κ3) is 5.78. The normalized spacial score (nSPS) is 20.2. The van der Waals surface area contributed by atoms with E-state index in [-0.39, 0.29) is 17.9 Å². The number of nitrogens with one attached hydrogen (secondary N) is 1. The predicted molar refractivity (Wildman–Crippen MR) is 125 cm³/mol. The maximum Gasteiger partial charge on any atom is 0.409 e. The van der Waals surface area contributed by atoms with E-state index < -0.39 is 6.10 Å². The van der Waals surface area contributed by atoms with E-state index in [4.69, 9.17) is 4.74 Å². The van der Waals surface area contributed by atoms with E-state index >= 15 is 0 Å². The highest BCUT2D eigenvalue weighted by atomic mass is 32.1. The van der Waals surface area contributed by atoms with Crippen molar-refractivity contribution in [3.05, 3.63) is 52.2 Å². The van der Waals surface area contributed by atoms with Crippen molar-refractivity contribution in [1.29, 1.82) is 5.26 Å². The first-order valence-corrected chi connectivity index (χ1v) is 11.9. The summed E-state index contributed by atoms with van der Waals surface area (Å²) in [4.78, 5) is 31.3. The molecule has 2 aromatic rings. The molecule has 2 atom stereocenters. The van der Waals surface area contributed by atoms with Crippen LogP contribution in [-0.2, 0) is 22.4 Å². The van der Waals surface area contributed by atoms with Crippen LogP contribution in [0.1, 0.15) is 40.8 Å². The van der Waals surface area contributed by atoms with Gasteiger partial charge in [-0.1, -0.05) is 6.07 Å². The summed E-state index contributed by atoms with van der Waals surface area (Å²) < 4.78 is 5.52. The van der Waals surface area contributed by atoms with Crippen molar-refractivity contribution in [2.24, 2.45) is 5.92 Å². The summed E-state index contributed by atoms with van der Waals surface area (Å²) in [6.07, 6.45) is 9.28. The topological polar surface area (TPSA) is 116 Å². The van der Waals surface area contributed by atoms with Crippen LogP contribution in [0.4, 0.5) is 9.80 Å². The fraction of sp³-hybridized carbons (Fsp3) is 0.417. The Kier molecular flexibility index (Phi) is 7.37. The van der Waals surface area contributed by atoms with Crippen molar-refractivity contribution in [3.8, 4) is 6.07 Å². The van der Waals surface area contributed by atoms with Crippen LogP contribution in [0.15, 0.2) is 30.6 Å². The molecule has 2 unspecified atom stereocenters. The van der Waals surface area contributed by atoms with Crippen molar-refractivity contribution < 1.29 is 19.4 Å². The number of aromatic nitrogens is 1. The Balaban J connectivity index is 1.35. The summed E-state index contributed by atoms with van der Waals surface area (Å²) in [7, 11) is 0. The number of nitrogens with zero attached hydrogens (tertiary/aromatic N) is 3. The monoisotopic (exact) mass is 466 g/mol. The quantitative estimate of drug-likeness (QED) is 0.653. The molecule has 2 N–H and O–H groups in total. The Morgan fingerprint density at radius 1 is 1.42 bits per heavy atom. The van der Waals surface area contributed by atoms with Crippen molar-refractivity contribution in [3.63, 3.8) is 0 Å². The van der Waals surface area contributed by atoms with Gasteiger partial charge in [0, 0.05) is 36.4 Å². The Morgan fingerprint density at radius 3 is 3.06 bits per heavy atom. The van der Waals surface area contributed by atoms with E-state index in [1.165, 1.54) is 17.4 Å². The number of piperidine rings is 1. The molecule has 1 saturated heterocycles. The minimum atomic E-state index is -0.480. The molecule has 1 fully saturated rings. The average molecular weight is 467 g/mol. The molecule has 8 nitrogen and oxygen atoms in total. The highest BCUT2D eigenvalue weighted by molar-refractivity contribution is 7.16. The molecule has 4 rings (SSSR count). The summed E-state index contributed by atoms with van der Waals surface area (Å²) in [5.74, 6) is -0.140. The maximum atomic E-state index is 12.4. The number of hydrogen-bond acceptors (Lipinski definition) is 7. The van der Waals surface area contributed by atoms with Gasteiger partial charge < -0.3 is 20.1 Å². The van der Waals surface area contributed by atoms with E-state index in [0.29, 0.717) is 49.5 Å². The summed E-state index contributed by atoms with van der Waals surface area (Å²) in [6.45, 7) is 1.24. The number of likely N-dealkylation sites (tertiary alicyclic amines) is 1. The van der Waals surface area contributed by atoms with Gasteiger partial charge in [-0.2, -0.15) is 5.26 Å². The van der Waals surface area contributed by atoms with Crippen LogP contribution in [0.5, 0.6) is 0 Å².